The van der Waals surface area contributed by atoms with Crippen molar-refractivity contribution >= 4 is 19.8 Å². The molecule has 318 valence electrons. The fourth-order valence-electron chi connectivity index (χ4n) is 5.35. The number of carbonyl (C=O) groups excluding carboxylic acids is 2. The Hall–Kier alpha value is -2.29. The van der Waals surface area contributed by atoms with Gasteiger partial charge in [0.05, 0.1) is 27.7 Å². The van der Waals surface area contributed by atoms with Gasteiger partial charge < -0.3 is 27.9 Å². The number of unbranched alkanes of at least 4 members (excludes halogenated alkanes) is 14. The maximum Gasteiger partial charge on any atom is 0.306 e. The van der Waals surface area contributed by atoms with Crippen LogP contribution in [0.15, 0.2) is 60.8 Å². The van der Waals surface area contributed by atoms with Gasteiger partial charge in [0, 0.05) is 12.8 Å². The van der Waals surface area contributed by atoms with Gasteiger partial charge in [0.15, 0.2) is 6.10 Å². The molecule has 0 radical (unpaired) electrons. The molecule has 0 fully saturated rings. The standard InChI is InChI=1S/C45H80NO8P/c1-6-8-10-12-14-16-18-20-22-23-24-26-27-29-31-33-35-37-44(47)51-41-43(42-53-55(49,50)52-40-39-46(3,4)5)54-45(48)38-36-34-32-30-28-25-21-19-17-15-13-11-9-7-2/h14,16,19-22,24,26,29,31,43H,6-13,15,17-18,23,25,27-28,30,32-42H2,1-5H3/b16-14+,21-19+,22-20+,26-24+,31-29+/t43-/m1/s1. The molecule has 2 atom stereocenters. The van der Waals surface area contributed by atoms with E-state index in [0.29, 0.717) is 23.9 Å². The number of nitrogens with zero attached hydrogens (tertiary/aromatic N) is 1. The Kier molecular flexibility index (Phi) is 35.7. The zero-order valence-corrected chi connectivity index (χ0v) is 36.5. The molecule has 0 saturated heterocycles. The van der Waals surface area contributed by atoms with Crippen molar-refractivity contribution in [3.63, 3.8) is 0 Å². The largest absolute Gasteiger partial charge is 0.756 e. The first-order valence-corrected chi connectivity index (χ1v) is 23.0. The predicted molar refractivity (Wildman–Crippen MR) is 226 cm³/mol. The minimum absolute atomic E-state index is 0.0431. The lowest BCUT2D eigenvalue weighted by atomic mass is 10.1. The summed E-state index contributed by atoms with van der Waals surface area (Å²) in [6.07, 6.45) is 43.9. The average Bonchev–Trinajstić information content (AvgIpc) is 3.13. The second-order valence-corrected chi connectivity index (χ2v) is 16.8. The maximum atomic E-state index is 12.6. The van der Waals surface area contributed by atoms with Crippen LogP contribution < -0.4 is 4.89 Å². The summed E-state index contributed by atoms with van der Waals surface area (Å²) in [6, 6.07) is 0. The van der Waals surface area contributed by atoms with Crippen LogP contribution in [0.5, 0.6) is 0 Å². The van der Waals surface area contributed by atoms with Crippen LogP contribution in [-0.2, 0) is 32.7 Å². The molecule has 1 unspecified atom stereocenters. The van der Waals surface area contributed by atoms with Crippen LogP contribution in [0.2, 0.25) is 0 Å². The van der Waals surface area contributed by atoms with Crippen LogP contribution in [-0.4, -0.2) is 70.0 Å². The molecule has 10 heteroatoms. The Morgan fingerprint density at radius 2 is 1.00 bits per heavy atom. The van der Waals surface area contributed by atoms with E-state index in [4.69, 9.17) is 18.5 Å². The van der Waals surface area contributed by atoms with Gasteiger partial charge in [-0.15, -0.1) is 0 Å². The molecule has 0 rings (SSSR count). The second-order valence-electron chi connectivity index (χ2n) is 15.3. The van der Waals surface area contributed by atoms with Crippen molar-refractivity contribution in [2.24, 2.45) is 0 Å². The quantitative estimate of drug-likeness (QED) is 0.0200. The van der Waals surface area contributed by atoms with Crippen LogP contribution >= 0.6 is 7.82 Å². The van der Waals surface area contributed by atoms with E-state index in [1.807, 2.05) is 27.2 Å². The highest BCUT2D eigenvalue weighted by molar-refractivity contribution is 7.45. The fourth-order valence-corrected chi connectivity index (χ4v) is 6.07. The molecular weight excluding hydrogens is 713 g/mol. The van der Waals surface area contributed by atoms with E-state index in [1.165, 1.54) is 64.2 Å². The molecule has 0 heterocycles. The van der Waals surface area contributed by atoms with Crippen molar-refractivity contribution < 1.29 is 42.1 Å². The zero-order valence-electron chi connectivity index (χ0n) is 35.6. The van der Waals surface area contributed by atoms with Crippen molar-refractivity contribution in [1.82, 2.24) is 0 Å². The van der Waals surface area contributed by atoms with Gasteiger partial charge in [-0.2, -0.15) is 0 Å². The summed E-state index contributed by atoms with van der Waals surface area (Å²) in [6.45, 7) is 4.10. The Morgan fingerprint density at radius 3 is 1.56 bits per heavy atom. The third-order valence-corrected chi connectivity index (χ3v) is 9.72. The molecule has 0 N–H and O–H groups in total. The molecule has 9 nitrogen and oxygen atoms in total. The minimum atomic E-state index is -4.64. The van der Waals surface area contributed by atoms with Crippen LogP contribution in [0, 0.1) is 0 Å². The van der Waals surface area contributed by atoms with E-state index < -0.39 is 32.5 Å². The Morgan fingerprint density at radius 1 is 0.564 bits per heavy atom. The molecule has 0 bridgehead atoms. The van der Waals surface area contributed by atoms with Crippen molar-refractivity contribution in [2.75, 3.05) is 47.5 Å². The Balaban J connectivity index is 4.49. The van der Waals surface area contributed by atoms with Gasteiger partial charge in [-0.1, -0.05) is 132 Å². The molecule has 0 aliphatic heterocycles. The van der Waals surface area contributed by atoms with Crippen molar-refractivity contribution in [2.45, 2.75) is 168 Å². The Labute approximate surface area is 336 Å². The van der Waals surface area contributed by atoms with Crippen molar-refractivity contribution in [3.8, 4) is 0 Å². The lowest BCUT2D eigenvalue weighted by molar-refractivity contribution is -0.870. The number of hydrogen-bond acceptors (Lipinski definition) is 8. The molecule has 0 aromatic heterocycles. The van der Waals surface area contributed by atoms with Crippen LogP contribution in [0.25, 0.3) is 0 Å². The summed E-state index contributed by atoms with van der Waals surface area (Å²) in [5.41, 5.74) is 0. The molecular formula is C45H80NO8P. The molecule has 0 aliphatic carbocycles. The normalized spacial score (nSPS) is 14.2. The molecule has 0 aliphatic rings. The molecule has 0 aromatic carbocycles. The molecule has 0 spiro atoms. The first-order valence-electron chi connectivity index (χ1n) is 21.5. The number of phosphoric acid groups is 1. The van der Waals surface area contributed by atoms with E-state index in [2.05, 4.69) is 68.5 Å². The number of allylic oxidation sites excluding steroid dienone is 10. The van der Waals surface area contributed by atoms with Gasteiger partial charge in [-0.05, 0) is 77.0 Å². The summed E-state index contributed by atoms with van der Waals surface area (Å²) in [5.74, 6) is -0.915. The fraction of sp³-hybridized carbons (Fsp3) is 0.733. The summed E-state index contributed by atoms with van der Waals surface area (Å²) < 4.78 is 33.8. The SMILES string of the molecule is CCCCC/C=C/C/C=C/C/C=C/C/C=C/CCCC(=O)OC[C@H](COP(=O)([O-])OCC[N+](C)(C)C)OC(=O)CCCCCCC/C=C/CCCCCCC. The Bertz CT molecular complexity index is 1120. The topological polar surface area (TPSA) is 111 Å². The lowest BCUT2D eigenvalue weighted by Crippen LogP contribution is -2.37. The number of likely N-dealkylation sites (N-methyl/N-ethyl adjacent to an activating group) is 1. The summed E-state index contributed by atoms with van der Waals surface area (Å²) >= 11 is 0. The number of hydrogen-bond donors (Lipinski definition) is 0. The van der Waals surface area contributed by atoms with Crippen molar-refractivity contribution in [3.05, 3.63) is 60.8 Å². The highest BCUT2D eigenvalue weighted by atomic mass is 31.2. The lowest BCUT2D eigenvalue weighted by Gasteiger charge is -2.28. The summed E-state index contributed by atoms with van der Waals surface area (Å²) in [7, 11) is 1.12. The highest BCUT2D eigenvalue weighted by Crippen LogP contribution is 2.38. The van der Waals surface area contributed by atoms with Crippen LogP contribution in [0.3, 0.4) is 0 Å². The third-order valence-electron chi connectivity index (χ3n) is 8.76. The average molecular weight is 794 g/mol. The van der Waals surface area contributed by atoms with Gasteiger partial charge in [0.1, 0.15) is 19.8 Å². The van der Waals surface area contributed by atoms with Gasteiger partial charge in [-0.3, -0.25) is 14.2 Å². The van der Waals surface area contributed by atoms with E-state index in [9.17, 15) is 19.0 Å². The van der Waals surface area contributed by atoms with E-state index in [-0.39, 0.29) is 26.1 Å². The van der Waals surface area contributed by atoms with Gasteiger partial charge in [0.2, 0.25) is 0 Å². The van der Waals surface area contributed by atoms with E-state index in [0.717, 1.165) is 57.8 Å². The van der Waals surface area contributed by atoms with Gasteiger partial charge >= 0.3 is 11.9 Å². The van der Waals surface area contributed by atoms with Gasteiger partial charge in [-0.25, -0.2) is 0 Å². The van der Waals surface area contributed by atoms with E-state index >= 15 is 0 Å². The number of esters is 2. The van der Waals surface area contributed by atoms with Crippen molar-refractivity contribution in [1.29, 1.82) is 0 Å². The zero-order chi connectivity index (χ0) is 40.7. The molecule has 0 saturated carbocycles. The van der Waals surface area contributed by atoms with Crippen LogP contribution in [0.1, 0.15) is 162 Å². The van der Waals surface area contributed by atoms with Gasteiger partial charge in [0.25, 0.3) is 7.82 Å². The monoisotopic (exact) mass is 794 g/mol. The molecule has 0 aromatic rings. The highest BCUT2D eigenvalue weighted by Gasteiger charge is 2.21. The van der Waals surface area contributed by atoms with Crippen LogP contribution in [0.4, 0.5) is 0 Å². The number of carbonyl (C=O) groups is 2. The number of ether oxygens (including phenoxy) is 2. The smallest absolute Gasteiger partial charge is 0.306 e. The molecule has 55 heavy (non-hydrogen) atoms. The van der Waals surface area contributed by atoms with E-state index in [1.54, 1.807) is 0 Å². The third kappa shape index (κ3) is 41.2. The number of phosphoric ester groups is 1. The first kappa shape index (κ1) is 52.7. The molecule has 0 amide bonds. The number of quaternary nitrogens is 1. The maximum absolute atomic E-state index is 12.6. The summed E-state index contributed by atoms with van der Waals surface area (Å²) in [5, 5.41) is 0. The minimum Gasteiger partial charge on any atom is -0.756 e. The summed E-state index contributed by atoms with van der Waals surface area (Å²) in [4.78, 5) is 37.5. The predicted octanol–water partition coefficient (Wildman–Crippen LogP) is 11.4. The first-order chi connectivity index (χ1) is 26.5. The number of rotatable bonds is 38. The second kappa shape index (κ2) is 37.3.